The van der Waals surface area contributed by atoms with E-state index in [1.807, 2.05) is 33.5 Å². The van der Waals surface area contributed by atoms with Crippen molar-refractivity contribution in [1.82, 2.24) is 4.68 Å². The van der Waals surface area contributed by atoms with Crippen molar-refractivity contribution in [3.05, 3.63) is 18.2 Å². The molecule has 0 aliphatic heterocycles. The lowest BCUT2D eigenvalue weighted by Crippen LogP contribution is -2.58. The summed E-state index contributed by atoms with van der Waals surface area (Å²) in [4.78, 5) is 0. The van der Waals surface area contributed by atoms with Crippen molar-refractivity contribution < 1.29 is 4.57 Å². The molecule has 4 nitrogen and oxygen atoms in total. The first-order valence-electron chi connectivity index (χ1n) is 4.87. The Morgan fingerprint density at radius 1 is 1.53 bits per heavy atom. The second-order valence-corrected chi connectivity index (χ2v) is 9.88. The van der Waals surface area contributed by atoms with E-state index in [1.54, 1.807) is 0 Å². The van der Waals surface area contributed by atoms with Crippen LogP contribution in [0.2, 0.25) is 19.6 Å². The number of rotatable bonds is 2. The SMILES string of the molecule is Cc1cn(N(C(N)=S)[Si](C)(C)C)c[n+]1C. The Labute approximate surface area is 97.4 Å². The number of nitrogens with two attached hydrogens (primary N) is 1. The molecule has 0 fully saturated rings. The van der Waals surface area contributed by atoms with Gasteiger partial charge in [0, 0.05) is 6.92 Å². The van der Waals surface area contributed by atoms with Crippen LogP contribution < -0.4 is 15.0 Å². The Morgan fingerprint density at radius 3 is 2.33 bits per heavy atom. The maximum atomic E-state index is 5.78. The van der Waals surface area contributed by atoms with Crippen molar-refractivity contribution in [3.63, 3.8) is 0 Å². The van der Waals surface area contributed by atoms with E-state index in [0.717, 1.165) is 0 Å². The third kappa shape index (κ3) is 2.57. The van der Waals surface area contributed by atoms with E-state index < -0.39 is 8.24 Å². The third-order valence-corrected chi connectivity index (χ3v) is 4.32. The van der Waals surface area contributed by atoms with E-state index in [0.29, 0.717) is 5.11 Å². The highest BCUT2D eigenvalue weighted by atomic mass is 32.1. The highest BCUT2D eigenvalue weighted by Crippen LogP contribution is 2.08. The van der Waals surface area contributed by atoms with Gasteiger partial charge in [-0.05, 0) is 31.9 Å². The number of aryl methyl sites for hydroxylation is 2. The van der Waals surface area contributed by atoms with Gasteiger partial charge in [-0.15, -0.1) is 4.68 Å². The molecule has 0 saturated carbocycles. The van der Waals surface area contributed by atoms with Crippen molar-refractivity contribution >= 4 is 25.6 Å². The molecule has 0 saturated heterocycles. The molecule has 84 valence electrons. The zero-order valence-electron chi connectivity index (χ0n) is 9.98. The molecule has 6 heteroatoms. The first-order chi connectivity index (χ1) is 6.73. The topological polar surface area (TPSA) is 38.1 Å². The molecule has 1 aromatic rings. The molecule has 0 radical (unpaired) electrons. The molecule has 0 aromatic carbocycles. The van der Waals surface area contributed by atoms with Crippen LogP contribution >= 0.6 is 12.2 Å². The molecule has 0 atom stereocenters. The fraction of sp³-hybridized carbons (Fsp3) is 0.556. The van der Waals surface area contributed by atoms with E-state index in [2.05, 4.69) is 26.6 Å². The molecule has 2 N–H and O–H groups in total. The van der Waals surface area contributed by atoms with Gasteiger partial charge in [0.25, 0.3) is 6.33 Å². The minimum Gasteiger partial charge on any atom is -0.374 e. The number of imidazole rings is 1. The van der Waals surface area contributed by atoms with Crippen molar-refractivity contribution in [2.45, 2.75) is 26.6 Å². The first kappa shape index (κ1) is 12.2. The Balaban J connectivity index is 3.16. The van der Waals surface area contributed by atoms with Crippen LogP contribution in [0.25, 0.3) is 0 Å². The van der Waals surface area contributed by atoms with Gasteiger partial charge in [0.1, 0.15) is 5.69 Å². The molecule has 0 bridgehead atoms. The predicted molar refractivity (Wildman–Crippen MR) is 68.7 cm³/mol. The standard InChI is InChI=1S/C9H18N4SSi/c1-8-6-12(7-11(8)2)13(9(10)14)15(3,4)5/h6-7H,1-5H3,(H-,10,14)/p+1. The number of aromatic nitrogens is 2. The summed E-state index contributed by atoms with van der Waals surface area (Å²) < 4.78 is 6.06. The minimum atomic E-state index is -1.58. The lowest BCUT2D eigenvalue weighted by atomic mass is 10.5. The van der Waals surface area contributed by atoms with Gasteiger partial charge in [0.05, 0.1) is 7.05 Å². The average Bonchev–Trinajstić information content (AvgIpc) is 2.27. The highest BCUT2D eigenvalue weighted by Gasteiger charge is 2.31. The number of hydrogen-bond acceptors (Lipinski definition) is 1. The number of thiocarbonyl (C=S) groups is 1. The van der Waals surface area contributed by atoms with E-state index in [1.165, 1.54) is 5.69 Å². The second-order valence-electron chi connectivity index (χ2n) is 4.70. The van der Waals surface area contributed by atoms with Crippen LogP contribution in [0.5, 0.6) is 0 Å². The minimum absolute atomic E-state index is 0.435. The van der Waals surface area contributed by atoms with Crippen molar-refractivity contribution in [1.29, 1.82) is 0 Å². The van der Waals surface area contributed by atoms with E-state index >= 15 is 0 Å². The lowest BCUT2D eigenvalue weighted by molar-refractivity contribution is -0.676. The fourth-order valence-corrected chi connectivity index (χ4v) is 3.86. The van der Waals surface area contributed by atoms with Crippen molar-refractivity contribution in [2.24, 2.45) is 12.8 Å². The van der Waals surface area contributed by atoms with Crippen LogP contribution in [0.3, 0.4) is 0 Å². The van der Waals surface area contributed by atoms with Crippen LogP contribution in [0.15, 0.2) is 12.5 Å². The summed E-state index contributed by atoms with van der Waals surface area (Å²) in [6.45, 7) is 8.68. The molecule has 1 heterocycles. The Hall–Kier alpha value is -0.883. The van der Waals surface area contributed by atoms with Crippen LogP contribution in [0.4, 0.5) is 0 Å². The van der Waals surface area contributed by atoms with E-state index in [-0.39, 0.29) is 0 Å². The zero-order valence-corrected chi connectivity index (χ0v) is 11.8. The molecular weight excluding hydrogens is 224 g/mol. The zero-order chi connectivity index (χ0) is 11.8. The molecule has 0 aliphatic rings. The quantitative estimate of drug-likeness (QED) is 0.470. The third-order valence-electron chi connectivity index (χ3n) is 2.24. The van der Waals surface area contributed by atoms with Gasteiger partial charge < -0.3 is 5.73 Å². The van der Waals surface area contributed by atoms with Gasteiger partial charge in [-0.2, -0.15) is 0 Å². The molecule has 1 aromatic heterocycles. The highest BCUT2D eigenvalue weighted by molar-refractivity contribution is 7.80. The van der Waals surface area contributed by atoms with Crippen LogP contribution in [0.1, 0.15) is 5.69 Å². The van der Waals surface area contributed by atoms with Gasteiger partial charge in [-0.3, -0.25) is 0 Å². The molecule has 1 rings (SSSR count). The fourth-order valence-electron chi connectivity index (χ4n) is 1.48. The van der Waals surface area contributed by atoms with Gasteiger partial charge in [-0.1, -0.05) is 0 Å². The summed E-state index contributed by atoms with van der Waals surface area (Å²) in [6, 6.07) is 0. The summed E-state index contributed by atoms with van der Waals surface area (Å²) in [7, 11) is 0.424. The van der Waals surface area contributed by atoms with Gasteiger partial charge in [-0.25, -0.2) is 9.24 Å². The van der Waals surface area contributed by atoms with Crippen LogP contribution in [0, 0.1) is 6.92 Å². The van der Waals surface area contributed by atoms with Crippen molar-refractivity contribution in [2.75, 3.05) is 4.67 Å². The monoisotopic (exact) mass is 243 g/mol. The van der Waals surface area contributed by atoms with E-state index in [4.69, 9.17) is 18.0 Å². The van der Waals surface area contributed by atoms with Crippen LogP contribution in [-0.4, -0.2) is 18.0 Å². The number of nitrogens with zero attached hydrogens (tertiary/aromatic N) is 3. The molecule has 0 unspecified atom stereocenters. The summed E-state index contributed by atoms with van der Waals surface area (Å²) in [5.74, 6) is 0. The summed E-state index contributed by atoms with van der Waals surface area (Å²) in [5.41, 5.74) is 6.95. The number of hydrogen-bond donors (Lipinski definition) is 1. The smallest absolute Gasteiger partial charge is 0.267 e. The molecule has 0 spiro atoms. The summed E-state index contributed by atoms with van der Waals surface area (Å²) in [5, 5.41) is 0.435. The average molecular weight is 243 g/mol. The lowest BCUT2D eigenvalue weighted by Gasteiger charge is -2.29. The maximum absolute atomic E-state index is 5.78. The Bertz CT molecular complexity index is 360. The normalized spacial score (nSPS) is 11.5. The first-order valence-corrected chi connectivity index (χ1v) is 8.73. The predicted octanol–water partition coefficient (Wildman–Crippen LogP) is 0.638. The van der Waals surface area contributed by atoms with Gasteiger partial charge in [0.15, 0.2) is 11.3 Å². The Kier molecular flexibility index (Phi) is 3.20. The largest absolute Gasteiger partial charge is 0.374 e. The summed E-state index contributed by atoms with van der Waals surface area (Å²) >= 11 is 5.11. The molecule has 0 amide bonds. The maximum Gasteiger partial charge on any atom is 0.267 e. The summed E-state index contributed by atoms with van der Waals surface area (Å²) in [6.07, 6.45) is 4.03. The van der Waals surface area contributed by atoms with Crippen molar-refractivity contribution in [3.8, 4) is 0 Å². The van der Waals surface area contributed by atoms with E-state index in [9.17, 15) is 0 Å². The van der Waals surface area contributed by atoms with Crippen LogP contribution in [-0.2, 0) is 7.05 Å². The molecule has 0 aliphatic carbocycles. The van der Waals surface area contributed by atoms with Gasteiger partial charge >= 0.3 is 0 Å². The molecular formula is C9H19N4SSi+. The molecule has 15 heavy (non-hydrogen) atoms. The Morgan fingerprint density at radius 2 is 2.07 bits per heavy atom. The second kappa shape index (κ2) is 3.94. The van der Waals surface area contributed by atoms with Gasteiger partial charge in [0.2, 0.25) is 8.24 Å².